The van der Waals surface area contributed by atoms with Gasteiger partial charge in [0, 0.05) is 23.0 Å². The summed E-state index contributed by atoms with van der Waals surface area (Å²) in [5.74, 6) is -0.284. The van der Waals surface area contributed by atoms with E-state index in [1.54, 1.807) is 6.20 Å². The summed E-state index contributed by atoms with van der Waals surface area (Å²) in [5, 5.41) is 17.4. The first kappa shape index (κ1) is 31.3. The standard InChI is InChI=1S/C26H32N8O8S2/c1-26(2)21(24(36)34(26)42-44(37,38)39)32-23(35)20(19-14-43-25(27)31-19)33-41-12-11-40-17-3-4-18-15(13-17)5-10-29-22(18)30-16-6-8-28-9-7-16/h3-5,10,13-14,16,21,28H,6-9,11-12H2,1-2H3,(H2,27,31)(H,29,30)(H,32,35)(H,37,38,39)/b33-20-. The molecule has 5 rings (SSSR count). The molecule has 236 valence electrons. The maximum Gasteiger partial charge on any atom is 0.418 e. The molecular weight excluding hydrogens is 616 g/mol. The molecule has 16 nitrogen and oxygen atoms in total. The molecule has 0 bridgehead atoms. The molecule has 6 N–H and O–H groups in total. The van der Waals surface area contributed by atoms with Crippen molar-refractivity contribution in [3.63, 3.8) is 0 Å². The van der Waals surface area contributed by atoms with Crippen LogP contribution < -0.4 is 26.4 Å². The Kier molecular flexibility index (Phi) is 9.16. The van der Waals surface area contributed by atoms with Crippen LogP contribution in [0, 0.1) is 0 Å². The SMILES string of the molecule is CC1(C)C(NC(=O)/C(=N\OCCOc2ccc3c(NC4CCNCC4)nccc3c2)c2csc(N)n2)C(=O)N1OS(=O)(=O)O. The van der Waals surface area contributed by atoms with E-state index in [1.807, 2.05) is 24.3 Å². The smallest absolute Gasteiger partial charge is 0.418 e. The number of hydrogen-bond acceptors (Lipinski definition) is 14. The fourth-order valence-electron chi connectivity index (χ4n) is 4.85. The number of pyridine rings is 1. The van der Waals surface area contributed by atoms with Gasteiger partial charge in [0.1, 0.15) is 29.9 Å². The van der Waals surface area contributed by atoms with E-state index in [0.717, 1.165) is 53.9 Å². The minimum atomic E-state index is -4.95. The fraction of sp³-hybridized carbons (Fsp3) is 0.423. The van der Waals surface area contributed by atoms with E-state index >= 15 is 0 Å². The molecule has 1 unspecified atom stereocenters. The molecule has 2 fully saturated rings. The first-order valence-corrected chi connectivity index (χ1v) is 15.9. The van der Waals surface area contributed by atoms with Crippen LogP contribution in [0.3, 0.4) is 0 Å². The second-order valence-electron chi connectivity index (χ2n) is 10.6. The molecule has 2 saturated heterocycles. The largest absolute Gasteiger partial charge is 0.490 e. The Morgan fingerprint density at radius 3 is 2.73 bits per heavy atom. The van der Waals surface area contributed by atoms with Crippen LogP contribution in [0.4, 0.5) is 10.9 Å². The summed E-state index contributed by atoms with van der Waals surface area (Å²) in [6, 6.07) is 6.76. The molecule has 2 aliphatic heterocycles. The number of oxime groups is 1. The molecule has 0 spiro atoms. The number of nitrogens with zero attached hydrogens (tertiary/aromatic N) is 4. The van der Waals surface area contributed by atoms with E-state index in [4.69, 9.17) is 19.9 Å². The third kappa shape index (κ3) is 7.16. The third-order valence-corrected chi connectivity index (χ3v) is 8.13. The van der Waals surface area contributed by atoms with Crippen LogP contribution in [0.2, 0.25) is 0 Å². The number of thiazole rings is 1. The summed E-state index contributed by atoms with van der Waals surface area (Å²) >= 11 is 1.07. The molecule has 2 aliphatic rings. The van der Waals surface area contributed by atoms with E-state index in [-0.39, 0.29) is 29.8 Å². The average molecular weight is 649 g/mol. The summed E-state index contributed by atoms with van der Waals surface area (Å²) < 4.78 is 41.2. The van der Waals surface area contributed by atoms with Crippen molar-refractivity contribution in [2.45, 2.75) is 44.3 Å². The quantitative estimate of drug-likeness (QED) is 0.0611. The highest BCUT2D eigenvalue weighted by Gasteiger charge is 2.58. The van der Waals surface area contributed by atoms with Gasteiger partial charge in [0.15, 0.2) is 17.5 Å². The van der Waals surface area contributed by atoms with Crippen molar-refractivity contribution in [1.29, 1.82) is 0 Å². The lowest BCUT2D eigenvalue weighted by Gasteiger charge is -2.50. The maximum atomic E-state index is 13.1. The van der Waals surface area contributed by atoms with Gasteiger partial charge < -0.3 is 31.3 Å². The number of rotatable bonds is 12. The van der Waals surface area contributed by atoms with Crippen LogP contribution in [0.1, 0.15) is 32.4 Å². The number of anilines is 2. The second-order valence-corrected chi connectivity index (χ2v) is 12.5. The van der Waals surface area contributed by atoms with Crippen molar-refractivity contribution in [3.8, 4) is 5.75 Å². The molecule has 0 saturated carbocycles. The predicted molar refractivity (Wildman–Crippen MR) is 161 cm³/mol. The molecule has 2 amide bonds. The Bertz CT molecular complexity index is 1670. The van der Waals surface area contributed by atoms with Gasteiger partial charge in [0.2, 0.25) is 0 Å². The summed E-state index contributed by atoms with van der Waals surface area (Å²) in [7, 11) is -4.95. The van der Waals surface area contributed by atoms with Gasteiger partial charge in [-0.25, -0.2) is 9.97 Å². The molecule has 1 atom stereocenters. The zero-order valence-corrected chi connectivity index (χ0v) is 25.5. The first-order valence-electron chi connectivity index (χ1n) is 13.6. The summed E-state index contributed by atoms with van der Waals surface area (Å²) in [6.45, 7) is 4.89. The highest BCUT2D eigenvalue weighted by molar-refractivity contribution is 7.80. The van der Waals surface area contributed by atoms with Crippen molar-refractivity contribution in [1.82, 2.24) is 25.7 Å². The lowest BCUT2D eigenvalue weighted by atomic mass is 9.84. The van der Waals surface area contributed by atoms with Crippen LogP contribution >= 0.6 is 11.3 Å². The van der Waals surface area contributed by atoms with Crippen LogP contribution in [0.15, 0.2) is 41.0 Å². The van der Waals surface area contributed by atoms with Crippen LogP contribution in [-0.2, 0) is 29.1 Å². The van der Waals surface area contributed by atoms with Gasteiger partial charge in [0.25, 0.3) is 11.8 Å². The number of β-lactam (4-membered cyclic amide) rings is 1. The average Bonchev–Trinajstić information content (AvgIpc) is 3.42. The second kappa shape index (κ2) is 12.9. The number of piperidine rings is 1. The highest BCUT2D eigenvalue weighted by Crippen LogP contribution is 2.33. The lowest BCUT2D eigenvalue weighted by Crippen LogP contribution is -2.76. The van der Waals surface area contributed by atoms with E-state index in [2.05, 4.69) is 35.4 Å². The van der Waals surface area contributed by atoms with Gasteiger partial charge in [-0.3, -0.25) is 14.1 Å². The molecule has 18 heteroatoms. The van der Waals surface area contributed by atoms with E-state index in [0.29, 0.717) is 16.9 Å². The Hall–Kier alpha value is -4.10. The zero-order valence-electron chi connectivity index (χ0n) is 23.8. The number of aromatic nitrogens is 2. The number of fused-ring (bicyclic) bond motifs is 1. The van der Waals surface area contributed by atoms with E-state index < -0.39 is 33.8 Å². The number of nitrogen functional groups attached to an aromatic ring is 1. The van der Waals surface area contributed by atoms with Gasteiger partial charge in [-0.1, -0.05) is 5.16 Å². The molecule has 1 aromatic carbocycles. The fourth-order valence-corrected chi connectivity index (χ4v) is 5.85. The number of ether oxygens (including phenoxy) is 1. The minimum absolute atomic E-state index is 0.0306. The van der Waals surface area contributed by atoms with Crippen molar-refractivity contribution < 1.29 is 36.4 Å². The van der Waals surface area contributed by atoms with Gasteiger partial charge >= 0.3 is 10.4 Å². The van der Waals surface area contributed by atoms with Crippen molar-refractivity contribution in [2.75, 3.05) is 37.4 Å². The van der Waals surface area contributed by atoms with Crippen LogP contribution in [0.25, 0.3) is 10.8 Å². The van der Waals surface area contributed by atoms with E-state index in [1.165, 1.54) is 19.2 Å². The number of carbonyl (C=O) groups excluding carboxylic acids is 2. The topological polar surface area (TPSA) is 220 Å². The molecule has 4 heterocycles. The number of hydrogen-bond donors (Lipinski definition) is 5. The van der Waals surface area contributed by atoms with Crippen molar-refractivity contribution in [2.24, 2.45) is 5.16 Å². The molecule has 44 heavy (non-hydrogen) atoms. The predicted octanol–water partition coefficient (Wildman–Crippen LogP) is 1.08. The van der Waals surface area contributed by atoms with Gasteiger partial charge in [-0.05, 0) is 69.4 Å². The number of carbonyl (C=O) groups is 2. The number of benzene rings is 1. The monoisotopic (exact) mass is 648 g/mol. The Morgan fingerprint density at radius 1 is 1.27 bits per heavy atom. The Labute approximate surface area is 256 Å². The van der Waals surface area contributed by atoms with Crippen molar-refractivity contribution in [3.05, 3.63) is 41.5 Å². The Morgan fingerprint density at radius 2 is 2.05 bits per heavy atom. The molecular formula is C26H32N8O8S2. The van der Waals surface area contributed by atoms with Crippen LogP contribution in [-0.4, -0.2) is 89.5 Å². The van der Waals surface area contributed by atoms with Crippen LogP contribution in [0.5, 0.6) is 5.75 Å². The zero-order chi connectivity index (χ0) is 31.5. The lowest BCUT2D eigenvalue weighted by molar-refractivity contribution is -0.218. The molecule has 0 aliphatic carbocycles. The summed E-state index contributed by atoms with van der Waals surface area (Å²) in [5.41, 5.74) is 4.26. The normalized spacial score (nSPS) is 19.0. The van der Waals surface area contributed by atoms with Crippen molar-refractivity contribution >= 4 is 61.0 Å². The number of nitrogens with two attached hydrogens (primary N) is 1. The highest BCUT2D eigenvalue weighted by atomic mass is 32.3. The molecule has 3 aromatic rings. The summed E-state index contributed by atoms with van der Waals surface area (Å²) in [6.07, 6.45) is 3.81. The molecule has 0 radical (unpaired) electrons. The Balaban J connectivity index is 1.19. The molecule has 2 aromatic heterocycles. The minimum Gasteiger partial charge on any atom is -0.490 e. The first-order chi connectivity index (χ1) is 20.9. The van der Waals surface area contributed by atoms with Gasteiger partial charge in [-0.15, -0.1) is 15.6 Å². The van der Waals surface area contributed by atoms with Gasteiger partial charge in [-0.2, -0.15) is 13.5 Å². The number of amides is 2. The summed E-state index contributed by atoms with van der Waals surface area (Å²) in [4.78, 5) is 39.5. The maximum absolute atomic E-state index is 13.1. The van der Waals surface area contributed by atoms with E-state index in [9.17, 15) is 18.0 Å². The number of nitrogens with one attached hydrogen (secondary N) is 3. The third-order valence-electron chi connectivity index (χ3n) is 7.12. The van der Waals surface area contributed by atoms with Gasteiger partial charge in [0.05, 0.1) is 5.54 Å². The number of hydroxylamine groups is 2.